The van der Waals surface area contributed by atoms with Gasteiger partial charge >= 0.3 is 17.9 Å². The van der Waals surface area contributed by atoms with Crippen LogP contribution < -0.4 is 15.6 Å². The van der Waals surface area contributed by atoms with Gasteiger partial charge in [0.2, 0.25) is 5.91 Å². The van der Waals surface area contributed by atoms with Gasteiger partial charge in [-0.2, -0.15) is 18.2 Å². The molecule has 0 spiro atoms. The zero-order chi connectivity index (χ0) is 34.9. The molecular weight excluding hydrogens is 669 g/mol. The number of carbonyl (C=O) groups excluding carboxylic acids is 2. The summed E-state index contributed by atoms with van der Waals surface area (Å²) in [5.74, 6) is -2.12. The monoisotopic (exact) mass is 698 g/mol. The summed E-state index contributed by atoms with van der Waals surface area (Å²) in [5, 5.41) is 4.61. The largest absolute Gasteiger partial charge is 0.454 e. The number of hydrogen-bond acceptors (Lipinski definition) is 7. The second-order valence-corrected chi connectivity index (χ2v) is 13.3. The summed E-state index contributed by atoms with van der Waals surface area (Å²) < 4.78 is 75.8. The van der Waals surface area contributed by atoms with Crippen LogP contribution in [0.25, 0.3) is 22.0 Å². The van der Waals surface area contributed by atoms with Crippen molar-refractivity contribution in [2.75, 3.05) is 23.7 Å². The molecule has 16 heteroatoms. The topological polar surface area (TPSA) is 95.6 Å². The minimum Gasteiger partial charge on any atom is -0.352 e. The first-order valence-corrected chi connectivity index (χ1v) is 16.4. The molecule has 4 aliphatic heterocycles. The first kappa shape index (κ1) is 32.7. The van der Waals surface area contributed by atoms with E-state index >= 15 is 17.6 Å². The van der Waals surface area contributed by atoms with E-state index in [0.29, 0.717) is 11.9 Å². The number of anilines is 1. The number of aromatic nitrogens is 2. The second kappa shape index (κ2) is 11.9. The first-order valence-electron chi connectivity index (χ1n) is 15.4. The molecule has 1 fully saturated rings. The maximum absolute atomic E-state index is 15.4. The highest BCUT2D eigenvalue weighted by Gasteiger charge is 2.45. The van der Waals surface area contributed by atoms with Crippen molar-refractivity contribution >= 4 is 46.3 Å². The number of hydrogen-bond donors (Lipinski definition) is 1. The van der Waals surface area contributed by atoms with Crippen molar-refractivity contribution in [2.24, 2.45) is 5.10 Å². The van der Waals surface area contributed by atoms with Crippen molar-refractivity contribution in [3.63, 3.8) is 0 Å². The Morgan fingerprint density at radius 1 is 1.08 bits per heavy atom. The Hall–Kier alpha value is -4.83. The van der Waals surface area contributed by atoms with Crippen LogP contribution in [0.5, 0.6) is 0 Å². The molecule has 2 unspecified atom stereocenters. The maximum Gasteiger partial charge on any atom is 0.454 e. The Balaban J connectivity index is 1.46. The number of nitrogens with zero attached hydrogens (tertiary/aromatic N) is 6. The second-order valence-electron chi connectivity index (χ2n) is 12.3. The summed E-state index contributed by atoms with van der Waals surface area (Å²) in [6.07, 6.45) is 2.73. The van der Waals surface area contributed by atoms with Gasteiger partial charge in [0.15, 0.2) is 5.84 Å². The molecule has 3 amide bonds. The molecule has 0 radical (unpaired) electrons. The number of halogens is 5. The smallest absolute Gasteiger partial charge is 0.352 e. The number of allylic oxidation sites excluding steroid dienone is 2. The first-order chi connectivity index (χ1) is 23.3. The average molecular weight is 699 g/mol. The third-order valence-corrected chi connectivity index (χ3v) is 10.3. The number of thioether (sulfide) groups is 1. The number of urea groups is 1. The van der Waals surface area contributed by atoms with E-state index in [0.717, 1.165) is 30.0 Å². The Bertz CT molecular complexity index is 2080. The number of rotatable bonds is 4. The van der Waals surface area contributed by atoms with Gasteiger partial charge in [-0.3, -0.25) is 9.36 Å². The summed E-state index contributed by atoms with van der Waals surface area (Å²) in [5.41, 5.74) is -2.95. The van der Waals surface area contributed by atoms with E-state index in [9.17, 15) is 18.8 Å². The van der Waals surface area contributed by atoms with Crippen LogP contribution in [0.4, 0.5) is 32.6 Å². The minimum atomic E-state index is -5.01. The number of alkyl halides is 3. The average Bonchev–Trinajstić information content (AvgIpc) is 3.24. The van der Waals surface area contributed by atoms with Gasteiger partial charge in [0.25, 0.3) is 0 Å². The SMILES string of the molecule is C=CC(=O)N1[C@H](C)CN(c2nc(=O)n3c4c(c(-c5ccc(F)cc5F)c(C(F)(F)F)cc24)SCC([NH+]2N=C4C=CC=CN4C2=O)C3)C[C@@H]1C. The summed E-state index contributed by atoms with van der Waals surface area (Å²) in [6.45, 7) is 7.27. The number of fused-ring (bicyclic) bond motifs is 1. The molecule has 254 valence electrons. The predicted octanol–water partition coefficient (Wildman–Crippen LogP) is 4.16. The van der Waals surface area contributed by atoms with E-state index < -0.39 is 64.3 Å². The van der Waals surface area contributed by atoms with Crippen LogP contribution in [-0.2, 0) is 17.5 Å². The third-order valence-electron chi connectivity index (χ3n) is 9.08. The van der Waals surface area contributed by atoms with Crippen molar-refractivity contribution in [2.45, 2.75) is 49.6 Å². The van der Waals surface area contributed by atoms with Gasteiger partial charge in [-0.05, 0) is 50.3 Å². The molecule has 7 rings (SSSR count). The summed E-state index contributed by atoms with van der Waals surface area (Å²) >= 11 is 0.942. The minimum absolute atomic E-state index is 0.0121. The van der Waals surface area contributed by atoms with E-state index in [2.05, 4.69) is 16.7 Å². The zero-order valence-corrected chi connectivity index (χ0v) is 27.0. The molecule has 0 aliphatic carbocycles. The lowest BCUT2D eigenvalue weighted by atomic mass is 9.95. The van der Waals surface area contributed by atoms with Crippen LogP contribution >= 0.6 is 11.8 Å². The number of piperazine rings is 1. The van der Waals surface area contributed by atoms with E-state index in [1.54, 1.807) is 48.1 Å². The molecule has 0 bridgehead atoms. The molecule has 49 heavy (non-hydrogen) atoms. The Morgan fingerprint density at radius 3 is 2.47 bits per heavy atom. The van der Waals surface area contributed by atoms with Gasteiger partial charge in [-0.15, -0.1) is 16.8 Å². The van der Waals surface area contributed by atoms with Crippen LogP contribution in [0.15, 0.2) is 76.1 Å². The lowest BCUT2D eigenvalue weighted by Crippen LogP contribution is -3.14. The molecular formula is C33H29F5N7O3S+. The van der Waals surface area contributed by atoms with E-state index in [1.807, 2.05) is 0 Å². The molecule has 1 N–H and O–H groups in total. The molecule has 0 saturated carbocycles. The molecule has 4 atom stereocenters. The van der Waals surface area contributed by atoms with E-state index in [-0.39, 0.29) is 57.9 Å². The fourth-order valence-electron chi connectivity index (χ4n) is 7.04. The molecule has 1 aromatic heterocycles. The number of carbonyl (C=O) groups is 2. The van der Waals surface area contributed by atoms with Gasteiger partial charge < -0.3 is 9.80 Å². The number of nitrogens with one attached hydrogen (secondary N) is 1. The van der Waals surface area contributed by atoms with Crippen LogP contribution in [0.3, 0.4) is 0 Å². The summed E-state index contributed by atoms with van der Waals surface area (Å²) in [6, 6.07) is 1.18. The highest BCUT2D eigenvalue weighted by Crippen LogP contribution is 2.48. The van der Waals surface area contributed by atoms with Gasteiger partial charge in [0, 0.05) is 58.8 Å². The fraction of sp³-hybridized carbons (Fsp3) is 0.303. The van der Waals surface area contributed by atoms with Crippen LogP contribution in [0.2, 0.25) is 0 Å². The zero-order valence-electron chi connectivity index (χ0n) is 26.2. The molecule has 10 nitrogen and oxygen atoms in total. The van der Waals surface area contributed by atoms with Crippen molar-refractivity contribution in [1.82, 2.24) is 19.4 Å². The van der Waals surface area contributed by atoms with Gasteiger partial charge in [0.05, 0.1) is 23.4 Å². The van der Waals surface area contributed by atoms with Crippen LogP contribution in [0.1, 0.15) is 19.4 Å². The lowest BCUT2D eigenvalue weighted by molar-refractivity contribution is -0.845. The molecule has 3 aromatic rings. The standard InChI is InChI=1S/C33H28F5N7O3S/c1-4-26(46)44-17(2)13-41(14-18(44)3)30-22-12-23(33(36,37)38)27(21-9-8-19(34)11-24(21)35)29-28(22)43(31(47)39-30)15-20(16-49-29)45-32(48)42-10-6-5-7-25(42)40-45/h4-12,17-18,20H,1,13-16H2,2-3H3/p+1/t17-,18+,20?. The molecule has 2 aromatic carbocycles. The molecule has 5 heterocycles. The van der Waals surface area contributed by atoms with Gasteiger partial charge in [0.1, 0.15) is 23.5 Å². The number of amidine groups is 1. The molecule has 4 aliphatic rings. The number of amides is 3. The highest BCUT2D eigenvalue weighted by atomic mass is 32.2. The Kier molecular flexibility index (Phi) is 7.97. The Labute approximate surface area is 280 Å². The van der Waals surface area contributed by atoms with Gasteiger partial charge in [-0.1, -0.05) is 17.8 Å². The number of quaternary nitrogens is 1. The van der Waals surface area contributed by atoms with Crippen LogP contribution in [0, 0.1) is 11.6 Å². The van der Waals surface area contributed by atoms with Crippen LogP contribution in [-0.4, -0.2) is 74.1 Å². The van der Waals surface area contributed by atoms with E-state index in [1.165, 1.54) is 15.5 Å². The van der Waals surface area contributed by atoms with Crippen molar-refractivity contribution in [1.29, 1.82) is 0 Å². The van der Waals surface area contributed by atoms with Crippen molar-refractivity contribution in [3.8, 4) is 11.1 Å². The summed E-state index contributed by atoms with van der Waals surface area (Å²) in [7, 11) is 0. The predicted molar refractivity (Wildman–Crippen MR) is 173 cm³/mol. The maximum atomic E-state index is 15.4. The summed E-state index contributed by atoms with van der Waals surface area (Å²) in [4.78, 5) is 48.9. The Morgan fingerprint density at radius 2 is 1.82 bits per heavy atom. The third kappa shape index (κ3) is 5.42. The fourth-order valence-corrected chi connectivity index (χ4v) is 8.39. The van der Waals surface area contributed by atoms with Gasteiger partial charge in [-0.25, -0.2) is 23.3 Å². The highest BCUT2D eigenvalue weighted by molar-refractivity contribution is 7.99. The quantitative estimate of drug-likeness (QED) is 0.325. The lowest BCUT2D eigenvalue weighted by Gasteiger charge is -2.44. The number of benzene rings is 2. The van der Waals surface area contributed by atoms with Crippen molar-refractivity contribution < 1.29 is 36.6 Å². The van der Waals surface area contributed by atoms with Crippen molar-refractivity contribution in [3.05, 3.63) is 89.0 Å². The molecule has 1 saturated heterocycles. The normalized spacial score (nSPS) is 23.5. The van der Waals surface area contributed by atoms with E-state index in [4.69, 9.17) is 0 Å².